The highest BCUT2D eigenvalue weighted by molar-refractivity contribution is 7.21. The summed E-state index contributed by atoms with van der Waals surface area (Å²) in [5, 5.41) is 14.2. The van der Waals surface area contributed by atoms with Crippen molar-refractivity contribution in [1.29, 1.82) is 0 Å². The third-order valence-corrected chi connectivity index (χ3v) is 4.65. The molecule has 0 unspecified atom stereocenters. The van der Waals surface area contributed by atoms with E-state index >= 15 is 0 Å². The first-order chi connectivity index (χ1) is 9.65. The van der Waals surface area contributed by atoms with Crippen molar-refractivity contribution in [3.63, 3.8) is 0 Å². The molecule has 0 aromatic carbocycles. The lowest BCUT2D eigenvalue weighted by Crippen LogP contribution is -2.22. The Labute approximate surface area is 122 Å². The zero-order valence-electron chi connectivity index (χ0n) is 10.6. The number of aromatic nitrogens is 3. The molecule has 0 atom stereocenters. The standard InChI is InChI=1S/C12H11N5OS2/c1-6-16-7(5-19-6)4-14-11(18)10-9(13)8-2-3-15-17-12(8)20-10/h2-3,5H,4,13H2,1H3,(H,14,18). The van der Waals surface area contributed by atoms with E-state index in [0.717, 1.165) is 16.1 Å². The lowest BCUT2D eigenvalue weighted by molar-refractivity contribution is 0.0955. The van der Waals surface area contributed by atoms with E-state index in [2.05, 4.69) is 20.5 Å². The van der Waals surface area contributed by atoms with Crippen LogP contribution in [0.15, 0.2) is 17.6 Å². The minimum absolute atomic E-state index is 0.212. The van der Waals surface area contributed by atoms with Crippen molar-refractivity contribution in [1.82, 2.24) is 20.5 Å². The van der Waals surface area contributed by atoms with Gasteiger partial charge in [-0.05, 0) is 13.0 Å². The van der Waals surface area contributed by atoms with Crippen LogP contribution in [0.3, 0.4) is 0 Å². The average molecular weight is 305 g/mol. The number of thiazole rings is 1. The maximum atomic E-state index is 12.2. The van der Waals surface area contributed by atoms with Crippen LogP contribution in [0.1, 0.15) is 20.4 Å². The number of nitrogens with zero attached hydrogens (tertiary/aromatic N) is 3. The van der Waals surface area contributed by atoms with Gasteiger partial charge in [-0.15, -0.1) is 27.8 Å². The second-order valence-corrected chi connectivity index (χ2v) is 6.20. The van der Waals surface area contributed by atoms with Gasteiger partial charge < -0.3 is 11.1 Å². The molecule has 0 saturated carbocycles. The van der Waals surface area contributed by atoms with E-state index < -0.39 is 0 Å². The lowest BCUT2D eigenvalue weighted by atomic mass is 10.3. The third kappa shape index (κ3) is 2.35. The Bertz CT molecular complexity index is 779. The second kappa shape index (κ2) is 5.14. The van der Waals surface area contributed by atoms with Crippen molar-refractivity contribution in [2.24, 2.45) is 0 Å². The predicted molar refractivity (Wildman–Crippen MR) is 79.8 cm³/mol. The Hall–Kier alpha value is -2.06. The van der Waals surface area contributed by atoms with Gasteiger partial charge in [0, 0.05) is 10.8 Å². The summed E-state index contributed by atoms with van der Waals surface area (Å²) in [6.07, 6.45) is 1.56. The molecule has 0 saturated heterocycles. The van der Waals surface area contributed by atoms with Gasteiger partial charge in [0.05, 0.1) is 29.1 Å². The number of rotatable bonds is 3. The molecule has 6 nitrogen and oxygen atoms in total. The SMILES string of the molecule is Cc1nc(CNC(=O)c2sc3nnccc3c2N)cs1. The summed E-state index contributed by atoms with van der Waals surface area (Å²) >= 11 is 2.80. The van der Waals surface area contributed by atoms with E-state index in [0.29, 0.717) is 21.9 Å². The van der Waals surface area contributed by atoms with E-state index in [9.17, 15) is 4.79 Å². The molecule has 3 N–H and O–H groups in total. The quantitative estimate of drug-likeness (QED) is 0.771. The molecule has 3 heterocycles. The molecule has 1 amide bonds. The summed E-state index contributed by atoms with van der Waals surface area (Å²) < 4.78 is 0. The fourth-order valence-electron chi connectivity index (χ4n) is 1.78. The van der Waals surface area contributed by atoms with E-state index in [1.807, 2.05) is 12.3 Å². The molecule has 0 aliphatic rings. The largest absolute Gasteiger partial charge is 0.397 e. The molecule has 0 bridgehead atoms. The van der Waals surface area contributed by atoms with Crippen LogP contribution >= 0.6 is 22.7 Å². The molecule has 3 aromatic heterocycles. The van der Waals surface area contributed by atoms with Crippen molar-refractivity contribution < 1.29 is 4.79 Å². The van der Waals surface area contributed by atoms with Crippen molar-refractivity contribution in [2.45, 2.75) is 13.5 Å². The van der Waals surface area contributed by atoms with Gasteiger partial charge in [-0.25, -0.2) is 4.98 Å². The van der Waals surface area contributed by atoms with E-state index in [1.54, 1.807) is 23.6 Å². The summed E-state index contributed by atoms with van der Waals surface area (Å²) in [6, 6.07) is 1.76. The number of thiophene rings is 1. The Kier molecular flexibility index (Phi) is 3.33. The summed E-state index contributed by atoms with van der Waals surface area (Å²) in [4.78, 5) is 17.6. The summed E-state index contributed by atoms with van der Waals surface area (Å²) in [5.74, 6) is -0.212. The van der Waals surface area contributed by atoms with Gasteiger partial charge in [0.15, 0.2) is 0 Å². The normalized spacial score (nSPS) is 10.8. The minimum Gasteiger partial charge on any atom is -0.397 e. The molecule has 0 aliphatic heterocycles. The van der Waals surface area contributed by atoms with Gasteiger partial charge in [-0.3, -0.25) is 4.79 Å². The number of aryl methyl sites for hydroxylation is 1. The van der Waals surface area contributed by atoms with Gasteiger partial charge in [0.1, 0.15) is 9.71 Å². The molecule has 8 heteroatoms. The number of amides is 1. The van der Waals surface area contributed by atoms with Gasteiger partial charge in [0.25, 0.3) is 5.91 Å². The topological polar surface area (TPSA) is 93.8 Å². The van der Waals surface area contributed by atoms with Crippen molar-refractivity contribution in [3.05, 3.63) is 33.2 Å². The Morgan fingerprint density at radius 1 is 1.50 bits per heavy atom. The van der Waals surface area contributed by atoms with Crippen LogP contribution in [0.2, 0.25) is 0 Å². The van der Waals surface area contributed by atoms with Crippen LogP contribution in [0, 0.1) is 6.92 Å². The van der Waals surface area contributed by atoms with Gasteiger partial charge in [-0.2, -0.15) is 5.10 Å². The zero-order valence-corrected chi connectivity index (χ0v) is 12.2. The van der Waals surface area contributed by atoms with Crippen LogP contribution in [-0.4, -0.2) is 21.1 Å². The van der Waals surface area contributed by atoms with Crippen molar-refractivity contribution in [2.75, 3.05) is 5.73 Å². The fourth-order valence-corrected chi connectivity index (χ4v) is 3.35. The first kappa shape index (κ1) is 12.9. The molecule has 20 heavy (non-hydrogen) atoms. The predicted octanol–water partition coefficient (Wildman–Crippen LogP) is 1.97. The number of fused-ring (bicyclic) bond motifs is 1. The smallest absolute Gasteiger partial charge is 0.263 e. The van der Waals surface area contributed by atoms with E-state index in [4.69, 9.17) is 5.73 Å². The highest BCUT2D eigenvalue weighted by atomic mass is 32.1. The Morgan fingerprint density at radius 3 is 3.05 bits per heavy atom. The number of hydrogen-bond acceptors (Lipinski definition) is 7. The number of nitrogens with one attached hydrogen (secondary N) is 1. The fraction of sp³-hybridized carbons (Fsp3) is 0.167. The van der Waals surface area contributed by atoms with E-state index in [-0.39, 0.29) is 5.91 Å². The van der Waals surface area contributed by atoms with Crippen LogP contribution in [0.4, 0.5) is 5.69 Å². The number of carbonyl (C=O) groups is 1. The monoisotopic (exact) mass is 305 g/mol. The van der Waals surface area contributed by atoms with Crippen LogP contribution < -0.4 is 11.1 Å². The van der Waals surface area contributed by atoms with Crippen molar-refractivity contribution >= 4 is 44.5 Å². The summed E-state index contributed by atoms with van der Waals surface area (Å²) in [7, 11) is 0. The first-order valence-corrected chi connectivity index (χ1v) is 7.53. The Balaban J connectivity index is 1.80. The number of anilines is 1. The van der Waals surface area contributed by atoms with E-state index in [1.165, 1.54) is 11.3 Å². The number of nitrogen functional groups attached to an aromatic ring is 1. The van der Waals surface area contributed by atoms with Crippen LogP contribution in [-0.2, 0) is 6.54 Å². The molecule has 0 aliphatic carbocycles. The van der Waals surface area contributed by atoms with Gasteiger partial charge >= 0.3 is 0 Å². The highest BCUT2D eigenvalue weighted by Crippen LogP contribution is 2.31. The molecule has 3 aromatic rings. The maximum Gasteiger partial charge on any atom is 0.263 e. The Morgan fingerprint density at radius 2 is 2.35 bits per heavy atom. The second-order valence-electron chi connectivity index (χ2n) is 4.14. The van der Waals surface area contributed by atoms with Gasteiger partial charge in [0.2, 0.25) is 0 Å². The third-order valence-electron chi connectivity index (χ3n) is 2.72. The molecule has 0 spiro atoms. The molecular weight excluding hydrogens is 294 g/mol. The molecule has 3 rings (SSSR count). The molecule has 0 fully saturated rings. The van der Waals surface area contributed by atoms with Crippen LogP contribution in [0.25, 0.3) is 10.2 Å². The van der Waals surface area contributed by atoms with Gasteiger partial charge in [-0.1, -0.05) is 0 Å². The average Bonchev–Trinajstić information content (AvgIpc) is 3.01. The van der Waals surface area contributed by atoms with Crippen molar-refractivity contribution in [3.8, 4) is 0 Å². The number of hydrogen-bond donors (Lipinski definition) is 2. The highest BCUT2D eigenvalue weighted by Gasteiger charge is 2.17. The molecule has 0 radical (unpaired) electrons. The first-order valence-electron chi connectivity index (χ1n) is 5.84. The zero-order chi connectivity index (χ0) is 14.1. The minimum atomic E-state index is -0.212. The van der Waals surface area contributed by atoms with Crippen LogP contribution in [0.5, 0.6) is 0 Å². The summed E-state index contributed by atoms with van der Waals surface area (Å²) in [6.45, 7) is 2.32. The number of nitrogens with two attached hydrogens (primary N) is 1. The molecule has 102 valence electrons. The number of carbonyl (C=O) groups excluding carboxylic acids is 1. The lowest BCUT2D eigenvalue weighted by Gasteiger charge is -2.01. The maximum absolute atomic E-state index is 12.2. The molecular formula is C12H11N5OS2. The summed E-state index contributed by atoms with van der Waals surface area (Å²) in [5.41, 5.74) is 7.28.